The molecule has 98 valence electrons. The number of ketones is 1. The van der Waals surface area contributed by atoms with Crippen molar-refractivity contribution < 1.29 is 4.79 Å². The number of benzene rings is 1. The summed E-state index contributed by atoms with van der Waals surface area (Å²) in [6, 6.07) is 5.46. The van der Waals surface area contributed by atoms with Gasteiger partial charge in [0.2, 0.25) is 0 Å². The highest BCUT2D eigenvalue weighted by atomic mass is 35.5. The summed E-state index contributed by atoms with van der Waals surface area (Å²) >= 11 is 13.5. The molecule has 0 fully saturated rings. The van der Waals surface area contributed by atoms with E-state index in [2.05, 4.69) is 4.98 Å². The Labute approximate surface area is 125 Å². The molecule has 0 atom stereocenters. The molecule has 1 aromatic carbocycles. The minimum Gasteiger partial charge on any atom is -0.293 e. The number of aryl methyl sites for hydroxylation is 1. The molecule has 1 aromatic heterocycles. The molecule has 2 nitrogen and oxygen atoms in total. The Morgan fingerprint density at radius 3 is 2.84 bits per heavy atom. The SMILES string of the molecule is O=C1CCCc2nc(Cc3ccc(Cl)cc3Cl)sc21. The summed E-state index contributed by atoms with van der Waals surface area (Å²) in [5.41, 5.74) is 1.95. The first-order chi connectivity index (χ1) is 9.13. The summed E-state index contributed by atoms with van der Waals surface area (Å²) in [6.45, 7) is 0. The van der Waals surface area contributed by atoms with E-state index in [9.17, 15) is 4.79 Å². The van der Waals surface area contributed by atoms with Gasteiger partial charge >= 0.3 is 0 Å². The Hall–Kier alpha value is -0.900. The fraction of sp³-hybridized carbons (Fsp3) is 0.286. The van der Waals surface area contributed by atoms with Crippen LogP contribution in [0.1, 0.15) is 38.8 Å². The highest BCUT2D eigenvalue weighted by molar-refractivity contribution is 7.13. The monoisotopic (exact) mass is 311 g/mol. The summed E-state index contributed by atoms with van der Waals surface area (Å²) in [6.07, 6.45) is 3.12. The van der Waals surface area contributed by atoms with E-state index in [1.807, 2.05) is 12.1 Å². The zero-order valence-corrected chi connectivity index (χ0v) is 12.4. The lowest BCUT2D eigenvalue weighted by Gasteiger charge is -2.06. The van der Waals surface area contributed by atoms with Gasteiger partial charge in [-0.05, 0) is 30.5 Å². The van der Waals surface area contributed by atoms with Gasteiger partial charge in [-0.25, -0.2) is 4.98 Å². The van der Waals surface area contributed by atoms with Crippen molar-refractivity contribution in [2.45, 2.75) is 25.7 Å². The summed E-state index contributed by atoms with van der Waals surface area (Å²) in [7, 11) is 0. The van der Waals surface area contributed by atoms with Crippen LogP contribution in [-0.2, 0) is 12.8 Å². The number of Topliss-reactive ketones (excluding diaryl/α,β-unsaturated/α-hetero) is 1. The van der Waals surface area contributed by atoms with Gasteiger partial charge in [0, 0.05) is 22.9 Å². The Bertz CT molecular complexity index is 651. The maximum atomic E-state index is 11.8. The standard InChI is InChI=1S/C14H11Cl2NOS/c15-9-5-4-8(10(16)7-9)6-13-17-11-2-1-3-12(18)14(11)19-13/h4-5,7H,1-3,6H2. The number of halogens is 2. The second kappa shape index (κ2) is 5.23. The lowest BCUT2D eigenvalue weighted by Crippen LogP contribution is -2.07. The predicted molar refractivity (Wildman–Crippen MR) is 78.7 cm³/mol. The van der Waals surface area contributed by atoms with Gasteiger partial charge in [-0.2, -0.15) is 0 Å². The number of nitrogens with zero attached hydrogens (tertiary/aromatic N) is 1. The Balaban J connectivity index is 1.89. The number of thiazole rings is 1. The maximum Gasteiger partial charge on any atom is 0.174 e. The van der Waals surface area contributed by atoms with Crippen LogP contribution in [0.25, 0.3) is 0 Å². The molecular formula is C14H11Cl2NOS. The van der Waals surface area contributed by atoms with Gasteiger partial charge in [0.15, 0.2) is 5.78 Å². The molecule has 0 bridgehead atoms. The van der Waals surface area contributed by atoms with E-state index in [4.69, 9.17) is 23.2 Å². The van der Waals surface area contributed by atoms with E-state index in [-0.39, 0.29) is 5.78 Å². The van der Waals surface area contributed by atoms with Crippen LogP contribution >= 0.6 is 34.5 Å². The molecule has 0 amide bonds. The molecule has 1 heterocycles. The number of carbonyl (C=O) groups excluding carboxylic acids is 1. The van der Waals surface area contributed by atoms with Gasteiger partial charge in [-0.1, -0.05) is 29.3 Å². The third-order valence-corrected chi connectivity index (χ3v) is 4.89. The van der Waals surface area contributed by atoms with Crippen molar-refractivity contribution in [3.63, 3.8) is 0 Å². The quantitative estimate of drug-likeness (QED) is 0.813. The normalized spacial score (nSPS) is 14.5. The predicted octanol–water partition coefficient (Wildman–Crippen LogP) is 4.56. The minimum atomic E-state index is 0.229. The third kappa shape index (κ3) is 2.69. The van der Waals surface area contributed by atoms with Crippen molar-refractivity contribution in [3.05, 3.63) is 49.4 Å². The fourth-order valence-corrected chi connectivity index (χ4v) is 3.80. The maximum absolute atomic E-state index is 11.8. The van der Waals surface area contributed by atoms with Gasteiger partial charge < -0.3 is 0 Å². The number of rotatable bonds is 2. The lowest BCUT2D eigenvalue weighted by molar-refractivity contribution is 0.0976. The van der Waals surface area contributed by atoms with Gasteiger partial charge in [0.05, 0.1) is 15.6 Å². The van der Waals surface area contributed by atoms with Gasteiger partial charge in [-0.3, -0.25) is 4.79 Å². The molecule has 3 rings (SSSR count). The fourth-order valence-electron chi connectivity index (χ4n) is 2.22. The number of hydrogen-bond donors (Lipinski definition) is 0. The highest BCUT2D eigenvalue weighted by Crippen LogP contribution is 2.30. The highest BCUT2D eigenvalue weighted by Gasteiger charge is 2.22. The van der Waals surface area contributed by atoms with Crippen LogP contribution in [0, 0.1) is 0 Å². The zero-order valence-electron chi connectivity index (χ0n) is 10.1. The average Bonchev–Trinajstić information content (AvgIpc) is 2.77. The second-order valence-electron chi connectivity index (χ2n) is 4.57. The minimum absolute atomic E-state index is 0.229. The molecule has 0 saturated heterocycles. The zero-order chi connectivity index (χ0) is 13.4. The molecule has 2 aromatic rings. The third-order valence-electron chi connectivity index (χ3n) is 3.17. The molecule has 5 heteroatoms. The smallest absolute Gasteiger partial charge is 0.174 e. The van der Waals surface area contributed by atoms with Crippen LogP contribution in [0.4, 0.5) is 0 Å². The van der Waals surface area contributed by atoms with E-state index in [1.165, 1.54) is 11.3 Å². The van der Waals surface area contributed by atoms with E-state index >= 15 is 0 Å². The molecule has 1 aliphatic rings. The molecule has 0 aliphatic heterocycles. The van der Waals surface area contributed by atoms with Crippen molar-refractivity contribution in [1.29, 1.82) is 0 Å². The topological polar surface area (TPSA) is 30.0 Å². The lowest BCUT2D eigenvalue weighted by atomic mass is 10.0. The van der Waals surface area contributed by atoms with Crippen LogP contribution < -0.4 is 0 Å². The van der Waals surface area contributed by atoms with E-state index in [0.29, 0.717) is 22.9 Å². The van der Waals surface area contributed by atoms with Crippen molar-refractivity contribution in [3.8, 4) is 0 Å². The van der Waals surface area contributed by atoms with E-state index < -0.39 is 0 Å². The van der Waals surface area contributed by atoms with Crippen LogP contribution in [0.15, 0.2) is 18.2 Å². The molecular weight excluding hydrogens is 301 g/mol. The summed E-state index contributed by atoms with van der Waals surface area (Å²) in [4.78, 5) is 17.2. The summed E-state index contributed by atoms with van der Waals surface area (Å²) in [5, 5.41) is 2.22. The van der Waals surface area contributed by atoms with Crippen molar-refractivity contribution in [2.75, 3.05) is 0 Å². The van der Waals surface area contributed by atoms with Crippen molar-refractivity contribution in [2.24, 2.45) is 0 Å². The Morgan fingerprint density at radius 1 is 1.26 bits per heavy atom. The molecule has 1 aliphatic carbocycles. The number of carbonyl (C=O) groups is 1. The van der Waals surface area contributed by atoms with Gasteiger partial charge in [-0.15, -0.1) is 11.3 Å². The Morgan fingerprint density at radius 2 is 2.11 bits per heavy atom. The van der Waals surface area contributed by atoms with Crippen LogP contribution in [0.3, 0.4) is 0 Å². The van der Waals surface area contributed by atoms with Crippen molar-refractivity contribution in [1.82, 2.24) is 4.98 Å². The first-order valence-corrected chi connectivity index (χ1v) is 7.66. The number of aromatic nitrogens is 1. The molecule has 0 spiro atoms. The van der Waals surface area contributed by atoms with E-state index in [1.54, 1.807) is 6.07 Å². The first-order valence-electron chi connectivity index (χ1n) is 6.09. The average molecular weight is 312 g/mol. The summed E-state index contributed by atoms with van der Waals surface area (Å²) < 4.78 is 0. The largest absolute Gasteiger partial charge is 0.293 e. The molecule has 19 heavy (non-hydrogen) atoms. The van der Waals surface area contributed by atoms with Crippen LogP contribution in [0.2, 0.25) is 10.0 Å². The number of fused-ring (bicyclic) bond motifs is 1. The first kappa shape index (κ1) is 13.1. The number of hydrogen-bond acceptors (Lipinski definition) is 3. The molecule has 0 saturated carbocycles. The van der Waals surface area contributed by atoms with Crippen molar-refractivity contribution >= 4 is 40.3 Å². The van der Waals surface area contributed by atoms with Crippen LogP contribution in [0.5, 0.6) is 0 Å². The molecule has 0 unspecified atom stereocenters. The van der Waals surface area contributed by atoms with Crippen LogP contribution in [-0.4, -0.2) is 10.8 Å². The van der Waals surface area contributed by atoms with Gasteiger partial charge in [0.1, 0.15) is 0 Å². The van der Waals surface area contributed by atoms with Gasteiger partial charge in [0.25, 0.3) is 0 Å². The van der Waals surface area contributed by atoms with E-state index in [0.717, 1.165) is 34.0 Å². The molecule has 0 radical (unpaired) electrons. The molecule has 0 N–H and O–H groups in total. The second-order valence-corrected chi connectivity index (χ2v) is 6.50. The Kier molecular flexibility index (Phi) is 3.61. The summed E-state index contributed by atoms with van der Waals surface area (Å²) in [5.74, 6) is 0.229.